The van der Waals surface area contributed by atoms with Crippen molar-refractivity contribution in [3.8, 4) is 6.07 Å². The monoisotopic (exact) mass is 241 g/mol. The van der Waals surface area contributed by atoms with Crippen molar-refractivity contribution in [1.29, 1.82) is 5.26 Å². The number of hydrogen-bond donors (Lipinski definition) is 1. The zero-order valence-corrected chi connectivity index (χ0v) is 10.6. The van der Waals surface area contributed by atoms with E-state index in [9.17, 15) is 0 Å². The third-order valence-corrected chi connectivity index (χ3v) is 3.96. The lowest BCUT2D eigenvalue weighted by molar-refractivity contribution is 0.317. The molecule has 1 heterocycles. The summed E-state index contributed by atoms with van der Waals surface area (Å²) in [5.74, 6) is 0. The summed E-state index contributed by atoms with van der Waals surface area (Å²) in [6.07, 6.45) is 4.08. The molecule has 18 heavy (non-hydrogen) atoms. The fourth-order valence-electron chi connectivity index (χ4n) is 2.68. The highest BCUT2D eigenvalue weighted by Crippen LogP contribution is 2.29. The summed E-state index contributed by atoms with van der Waals surface area (Å²) in [7, 11) is 0. The molecule has 1 N–H and O–H groups in total. The normalized spacial score (nSPS) is 24.1. The van der Waals surface area contributed by atoms with Crippen molar-refractivity contribution in [3.63, 3.8) is 0 Å². The Labute approximate surface area is 108 Å². The van der Waals surface area contributed by atoms with E-state index in [0.29, 0.717) is 6.04 Å². The standard InChI is InChI=1S/C15H19N3/c16-9-12-1-3-13(4-2-12)10-17-14-7-8-18(11-14)15-5-6-15/h1-4,14-15,17H,5-8,10-11H2. The molecule has 3 rings (SSSR count). The summed E-state index contributed by atoms with van der Waals surface area (Å²) < 4.78 is 0. The lowest BCUT2D eigenvalue weighted by Crippen LogP contribution is -2.32. The van der Waals surface area contributed by atoms with E-state index < -0.39 is 0 Å². The van der Waals surface area contributed by atoms with Crippen molar-refractivity contribution < 1.29 is 0 Å². The zero-order valence-electron chi connectivity index (χ0n) is 10.6. The molecule has 0 aromatic heterocycles. The van der Waals surface area contributed by atoms with Gasteiger partial charge in [0.05, 0.1) is 11.6 Å². The largest absolute Gasteiger partial charge is 0.309 e. The summed E-state index contributed by atoms with van der Waals surface area (Å²) in [6, 6.07) is 11.5. The highest BCUT2D eigenvalue weighted by Gasteiger charge is 2.33. The molecule has 1 aliphatic heterocycles. The van der Waals surface area contributed by atoms with E-state index in [1.54, 1.807) is 0 Å². The minimum Gasteiger partial charge on any atom is -0.309 e. The minimum atomic E-state index is 0.640. The molecule has 2 fully saturated rings. The number of nitrogens with one attached hydrogen (secondary N) is 1. The molecular formula is C15H19N3. The van der Waals surface area contributed by atoms with Crippen LogP contribution in [0.4, 0.5) is 0 Å². The number of rotatable bonds is 4. The van der Waals surface area contributed by atoms with Crippen molar-refractivity contribution in [2.75, 3.05) is 13.1 Å². The molecule has 3 heteroatoms. The third kappa shape index (κ3) is 2.72. The summed E-state index contributed by atoms with van der Waals surface area (Å²) in [5, 5.41) is 12.4. The van der Waals surface area contributed by atoms with Gasteiger partial charge in [0.2, 0.25) is 0 Å². The highest BCUT2D eigenvalue weighted by atomic mass is 15.2. The van der Waals surface area contributed by atoms with E-state index in [2.05, 4.69) is 16.3 Å². The van der Waals surface area contributed by atoms with Crippen LogP contribution in [-0.4, -0.2) is 30.1 Å². The van der Waals surface area contributed by atoms with Crippen LogP contribution < -0.4 is 5.32 Å². The molecule has 1 aromatic rings. The van der Waals surface area contributed by atoms with Gasteiger partial charge in [-0.25, -0.2) is 0 Å². The van der Waals surface area contributed by atoms with Crippen LogP contribution in [0.5, 0.6) is 0 Å². The Morgan fingerprint density at radius 1 is 1.22 bits per heavy atom. The molecule has 1 aromatic carbocycles. The number of benzene rings is 1. The molecule has 94 valence electrons. The number of nitriles is 1. The zero-order chi connectivity index (χ0) is 12.4. The molecular weight excluding hydrogens is 222 g/mol. The first-order chi connectivity index (χ1) is 8.85. The quantitative estimate of drug-likeness (QED) is 0.875. The third-order valence-electron chi connectivity index (χ3n) is 3.96. The van der Waals surface area contributed by atoms with Gasteiger partial charge in [0.1, 0.15) is 0 Å². The Morgan fingerprint density at radius 2 is 2.00 bits per heavy atom. The molecule has 2 aliphatic rings. The SMILES string of the molecule is N#Cc1ccc(CNC2CCN(C3CC3)C2)cc1. The number of likely N-dealkylation sites (tertiary alicyclic amines) is 1. The van der Waals surface area contributed by atoms with Crippen LogP contribution >= 0.6 is 0 Å². The molecule has 1 atom stereocenters. The predicted octanol–water partition coefficient (Wildman–Crippen LogP) is 1.88. The summed E-state index contributed by atoms with van der Waals surface area (Å²) >= 11 is 0. The number of nitrogens with zero attached hydrogens (tertiary/aromatic N) is 2. The average Bonchev–Trinajstić information content (AvgIpc) is 3.16. The Bertz CT molecular complexity index is 442. The Balaban J connectivity index is 1.47. The smallest absolute Gasteiger partial charge is 0.0991 e. The Morgan fingerprint density at radius 3 is 2.67 bits per heavy atom. The van der Waals surface area contributed by atoms with Gasteiger partial charge >= 0.3 is 0 Å². The molecule has 1 unspecified atom stereocenters. The first kappa shape index (κ1) is 11.7. The van der Waals surface area contributed by atoms with Crippen LogP contribution in [-0.2, 0) is 6.54 Å². The van der Waals surface area contributed by atoms with Gasteiger partial charge in [-0.05, 0) is 37.0 Å². The summed E-state index contributed by atoms with van der Waals surface area (Å²) in [4.78, 5) is 2.62. The van der Waals surface area contributed by atoms with E-state index in [0.717, 1.165) is 18.2 Å². The van der Waals surface area contributed by atoms with Gasteiger partial charge in [-0.2, -0.15) is 5.26 Å². The lowest BCUT2D eigenvalue weighted by atomic mass is 10.1. The van der Waals surface area contributed by atoms with Crippen molar-refractivity contribution in [3.05, 3.63) is 35.4 Å². The molecule has 0 bridgehead atoms. The van der Waals surface area contributed by atoms with E-state index in [1.807, 2.05) is 24.3 Å². The molecule has 0 amide bonds. The van der Waals surface area contributed by atoms with Crippen LogP contribution in [0.3, 0.4) is 0 Å². The maximum absolute atomic E-state index is 8.75. The molecule has 1 saturated carbocycles. The average molecular weight is 241 g/mol. The van der Waals surface area contributed by atoms with E-state index in [1.165, 1.54) is 37.9 Å². The maximum atomic E-state index is 8.75. The van der Waals surface area contributed by atoms with Gasteiger partial charge < -0.3 is 5.32 Å². The van der Waals surface area contributed by atoms with Crippen molar-refractivity contribution >= 4 is 0 Å². The second-order valence-electron chi connectivity index (χ2n) is 5.40. The highest BCUT2D eigenvalue weighted by molar-refractivity contribution is 5.31. The van der Waals surface area contributed by atoms with Crippen LogP contribution in [0.15, 0.2) is 24.3 Å². The molecule has 3 nitrogen and oxygen atoms in total. The van der Waals surface area contributed by atoms with E-state index >= 15 is 0 Å². The molecule has 1 aliphatic carbocycles. The van der Waals surface area contributed by atoms with Crippen LogP contribution in [0.1, 0.15) is 30.4 Å². The fraction of sp³-hybridized carbons (Fsp3) is 0.533. The first-order valence-corrected chi connectivity index (χ1v) is 6.81. The molecule has 1 saturated heterocycles. The lowest BCUT2D eigenvalue weighted by Gasteiger charge is -2.15. The number of hydrogen-bond acceptors (Lipinski definition) is 3. The van der Waals surface area contributed by atoms with Gasteiger partial charge in [0.25, 0.3) is 0 Å². The maximum Gasteiger partial charge on any atom is 0.0991 e. The van der Waals surface area contributed by atoms with E-state index in [-0.39, 0.29) is 0 Å². The van der Waals surface area contributed by atoms with Gasteiger partial charge in [-0.1, -0.05) is 12.1 Å². The second kappa shape index (κ2) is 5.09. The minimum absolute atomic E-state index is 0.640. The topological polar surface area (TPSA) is 39.1 Å². The van der Waals surface area contributed by atoms with Gasteiger partial charge in [0, 0.05) is 31.7 Å². The van der Waals surface area contributed by atoms with Gasteiger partial charge in [-0.15, -0.1) is 0 Å². The predicted molar refractivity (Wildman–Crippen MR) is 71.0 cm³/mol. The van der Waals surface area contributed by atoms with Crippen LogP contribution in [0, 0.1) is 11.3 Å². The van der Waals surface area contributed by atoms with E-state index in [4.69, 9.17) is 5.26 Å². The van der Waals surface area contributed by atoms with Crippen molar-refractivity contribution in [2.24, 2.45) is 0 Å². The Kier molecular flexibility index (Phi) is 3.31. The first-order valence-electron chi connectivity index (χ1n) is 6.81. The van der Waals surface area contributed by atoms with Crippen molar-refractivity contribution in [2.45, 2.75) is 37.9 Å². The molecule has 0 radical (unpaired) electrons. The van der Waals surface area contributed by atoms with Crippen LogP contribution in [0.25, 0.3) is 0 Å². The van der Waals surface area contributed by atoms with Gasteiger partial charge in [-0.3, -0.25) is 4.90 Å². The second-order valence-corrected chi connectivity index (χ2v) is 5.40. The van der Waals surface area contributed by atoms with Crippen molar-refractivity contribution in [1.82, 2.24) is 10.2 Å². The molecule has 0 spiro atoms. The summed E-state index contributed by atoms with van der Waals surface area (Å²) in [6.45, 7) is 3.38. The van der Waals surface area contributed by atoms with Crippen LogP contribution in [0.2, 0.25) is 0 Å². The Hall–Kier alpha value is -1.37. The fourth-order valence-corrected chi connectivity index (χ4v) is 2.68. The summed E-state index contributed by atoms with van der Waals surface area (Å²) in [5.41, 5.74) is 2.00. The van der Waals surface area contributed by atoms with Gasteiger partial charge in [0.15, 0.2) is 0 Å².